The van der Waals surface area contributed by atoms with Crippen LogP contribution >= 0.6 is 0 Å². The van der Waals surface area contributed by atoms with Crippen molar-refractivity contribution in [2.24, 2.45) is 7.05 Å². The molecule has 0 spiro atoms. The number of halogens is 1. The van der Waals surface area contributed by atoms with E-state index in [1.165, 1.54) is 12.1 Å². The monoisotopic (exact) mass is 325 g/mol. The van der Waals surface area contributed by atoms with Crippen molar-refractivity contribution in [3.8, 4) is 17.0 Å². The van der Waals surface area contributed by atoms with E-state index in [9.17, 15) is 9.18 Å². The van der Waals surface area contributed by atoms with Crippen molar-refractivity contribution < 1.29 is 13.9 Å². The van der Waals surface area contributed by atoms with Crippen LogP contribution in [0.4, 0.5) is 10.1 Å². The molecule has 2 aromatic carbocycles. The highest BCUT2D eigenvalue weighted by atomic mass is 19.1. The minimum atomic E-state index is -0.584. The molecule has 0 aliphatic carbocycles. The van der Waals surface area contributed by atoms with Crippen LogP contribution in [0.25, 0.3) is 11.3 Å². The van der Waals surface area contributed by atoms with E-state index in [2.05, 4.69) is 10.4 Å². The van der Waals surface area contributed by atoms with Gasteiger partial charge in [-0.25, -0.2) is 4.39 Å². The molecule has 1 N–H and O–H groups in total. The Hall–Kier alpha value is -3.15. The lowest BCUT2D eigenvalue weighted by molar-refractivity contribution is 0.102. The minimum Gasteiger partial charge on any atom is -0.497 e. The molecule has 24 heavy (non-hydrogen) atoms. The molecule has 5 nitrogen and oxygen atoms in total. The van der Waals surface area contributed by atoms with Crippen molar-refractivity contribution in [3.63, 3.8) is 0 Å². The molecule has 3 rings (SSSR count). The van der Waals surface area contributed by atoms with E-state index in [0.717, 1.165) is 5.69 Å². The highest BCUT2D eigenvalue weighted by Gasteiger charge is 2.14. The first-order chi connectivity index (χ1) is 11.6. The van der Waals surface area contributed by atoms with E-state index < -0.39 is 11.7 Å². The van der Waals surface area contributed by atoms with Crippen LogP contribution in [0.3, 0.4) is 0 Å². The first-order valence-corrected chi connectivity index (χ1v) is 7.32. The standard InChI is InChI=1S/C18H16FN3O2/c1-22-17(9-10-20-22)12-3-8-15(16(19)11-12)18(23)21-13-4-6-14(24-2)7-5-13/h3-11H,1-2H3,(H,21,23). The maximum Gasteiger partial charge on any atom is 0.258 e. The Labute approximate surface area is 138 Å². The SMILES string of the molecule is COc1ccc(NC(=O)c2ccc(-c3ccnn3C)cc2F)cc1. The molecule has 1 amide bonds. The zero-order valence-corrected chi connectivity index (χ0v) is 13.3. The Morgan fingerprint density at radius 2 is 1.92 bits per heavy atom. The van der Waals surface area contributed by atoms with Crippen LogP contribution in [0.1, 0.15) is 10.4 Å². The van der Waals surface area contributed by atoms with Gasteiger partial charge in [0.05, 0.1) is 18.4 Å². The molecule has 0 fully saturated rings. The molecule has 1 heterocycles. The molecule has 0 aliphatic heterocycles. The molecule has 0 bridgehead atoms. The predicted molar refractivity (Wildman–Crippen MR) is 89.5 cm³/mol. The first kappa shape index (κ1) is 15.7. The summed E-state index contributed by atoms with van der Waals surface area (Å²) >= 11 is 0. The number of hydrogen-bond donors (Lipinski definition) is 1. The Balaban J connectivity index is 1.81. The molecular formula is C18H16FN3O2. The summed E-state index contributed by atoms with van der Waals surface area (Å²) in [6.45, 7) is 0. The van der Waals surface area contributed by atoms with Crippen LogP contribution in [0.2, 0.25) is 0 Å². The number of nitrogens with one attached hydrogen (secondary N) is 1. The second-order valence-corrected chi connectivity index (χ2v) is 5.22. The van der Waals surface area contributed by atoms with E-state index >= 15 is 0 Å². The third-order valence-corrected chi connectivity index (χ3v) is 3.68. The van der Waals surface area contributed by atoms with Gasteiger partial charge in [-0.1, -0.05) is 6.07 Å². The largest absolute Gasteiger partial charge is 0.497 e. The van der Waals surface area contributed by atoms with Crippen molar-refractivity contribution in [2.75, 3.05) is 12.4 Å². The van der Waals surface area contributed by atoms with Crippen molar-refractivity contribution in [3.05, 3.63) is 66.1 Å². The maximum atomic E-state index is 14.3. The number of nitrogens with zero attached hydrogens (tertiary/aromatic N) is 2. The van der Waals surface area contributed by atoms with Crippen LogP contribution in [-0.2, 0) is 7.05 Å². The highest BCUT2D eigenvalue weighted by molar-refractivity contribution is 6.04. The number of carbonyl (C=O) groups excluding carboxylic acids is 1. The Morgan fingerprint density at radius 1 is 1.17 bits per heavy atom. The molecule has 0 unspecified atom stereocenters. The van der Waals surface area contributed by atoms with Gasteiger partial charge < -0.3 is 10.1 Å². The Kier molecular flexibility index (Phi) is 4.29. The van der Waals surface area contributed by atoms with Gasteiger partial charge in [-0.15, -0.1) is 0 Å². The maximum absolute atomic E-state index is 14.3. The van der Waals surface area contributed by atoms with Crippen molar-refractivity contribution in [1.82, 2.24) is 9.78 Å². The molecule has 1 aromatic heterocycles. The van der Waals surface area contributed by atoms with Crippen LogP contribution in [0.15, 0.2) is 54.7 Å². The number of hydrogen-bond acceptors (Lipinski definition) is 3. The third-order valence-electron chi connectivity index (χ3n) is 3.68. The summed E-state index contributed by atoms with van der Waals surface area (Å²) in [4.78, 5) is 12.3. The van der Waals surface area contributed by atoms with Gasteiger partial charge in [-0.05, 0) is 42.5 Å². The zero-order valence-electron chi connectivity index (χ0n) is 13.3. The number of aryl methyl sites for hydroxylation is 1. The predicted octanol–water partition coefficient (Wildman–Crippen LogP) is 3.49. The van der Waals surface area contributed by atoms with Gasteiger partial charge in [-0.3, -0.25) is 9.48 Å². The lowest BCUT2D eigenvalue weighted by atomic mass is 10.1. The fourth-order valence-electron chi connectivity index (χ4n) is 2.39. The first-order valence-electron chi connectivity index (χ1n) is 7.32. The van der Waals surface area contributed by atoms with Gasteiger partial charge >= 0.3 is 0 Å². The molecule has 6 heteroatoms. The second-order valence-electron chi connectivity index (χ2n) is 5.22. The molecule has 3 aromatic rings. The van der Waals surface area contributed by atoms with Crippen LogP contribution in [0.5, 0.6) is 5.75 Å². The fraction of sp³-hybridized carbons (Fsp3) is 0.111. The molecule has 0 radical (unpaired) electrons. The molecule has 0 aliphatic rings. The topological polar surface area (TPSA) is 56.1 Å². The van der Waals surface area contributed by atoms with E-state index in [1.54, 1.807) is 61.4 Å². The Morgan fingerprint density at radius 3 is 2.50 bits per heavy atom. The molecule has 0 saturated heterocycles. The molecular weight excluding hydrogens is 309 g/mol. The lowest BCUT2D eigenvalue weighted by Gasteiger charge is -2.09. The number of anilines is 1. The summed E-state index contributed by atoms with van der Waals surface area (Å²) in [7, 11) is 3.34. The highest BCUT2D eigenvalue weighted by Crippen LogP contribution is 2.22. The van der Waals surface area contributed by atoms with Crippen molar-refractivity contribution in [2.45, 2.75) is 0 Å². The van der Waals surface area contributed by atoms with Crippen LogP contribution in [0, 0.1) is 5.82 Å². The van der Waals surface area contributed by atoms with Gasteiger partial charge in [0.15, 0.2) is 0 Å². The van der Waals surface area contributed by atoms with E-state index in [0.29, 0.717) is 17.0 Å². The van der Waals surface area contributed by atoms with Gasteiger partial charge in [0.2, 0.25) is 0 Å². The van der Waals surface area contributed by atoms with E-state index in [1.807, 2.05) is 0 Å². The summed E-state index contributed by atoms with van der Waals surface area (Å²) in [6.07, 6.45) is 1.64. The molecule has 0 saturated carbocycles. The summed E-state index contributed by atoms with van der Waals surface area (Å²) in [5.41, 5.74) is 1.98. The average molecular weight is 325 g/mol. The van der Waals surface area contributed by atoms with E-state index in [-0.39, 0.29) is 5.56 Å². The van der Waals surface area contributed by atoms with E-state index in [4.69, 9.17) is 4.74 Å². The van der Waals surface area contributed by atoms with Gasteiger partial charge in [0, 0.05) is 24.5 Å². The molecule has 122 valence electrons. The van der Waals surface area contributed by atoms with Crippen LogP contribution in [-0.4, -0.2) is 22.8 Å². The Bertz CT molecular complexity index is 872. The summed E-state index contributed by atoms with van der Waals surface area (Å²) in [5.74, 6) is -0.409. The summed E-state index contributed by atoms with van der Waals surface area (Å²) in [6, 6.07) is 13.1. The minimum absolute atomic E-state index is 0.0169. The van der Waals surface area contributed by atoms with Crippen molar-refractivity contribution >= 4 is 11.6 Å². The third kappa shape index (κ3) is 3.12. The number of methoxy groups -OCH3 is 1. The zero-order chi connectivity index (χ0) is 17.1. The number of rotatable bonds is 4. The van der Waals surface area contributed by atoms with Crippen LogP contribution < -0.4 is 10.1 Å². The normalized spacial score (nSPS) is 10.5. The quantitative estimate of drug-likeness (QED) is 0.799. The molecule has 0 atom stereocenters. The van der Waals surface area contributed by atoms with Crippen molar-refractivity contribution in [1.29, 1.82) is 0 Å². The number of benzene rings is 2. The van der Waals surface area contributed by atoms with Gasteiger partial charge in [0.25, 0.3) is 5.91 Å². The summed E-state index contributed by atoms with van der Waals surface area (Å²) < 4.78 is 21.0. The number of carbonyl (C=O) groups is 1. The van der Waals surface area contributed by atoms with Gasteiger partial charge in [0.1, 0.15) is 11.6 Å². The van der Waals surface area contributed by atoms with Gasteiger partial charge in [-0.2, -0.15) is 5.10 Å². The fourth-order valence-corrected chi connectivity index (χ4v) is 2.39. The number of ether oxygens (including phenoxy) is 1. The lowest BCUT2D eigenvalue weighted by Crippen LogP contribution is -2.13. The smallest absolute Gasteiger partial charge is 0.258 e. The number of amides is 1. The second kappa shape index (κ2) is 6.54. The average Bonchev–Trinajstić information content (AvgIpc) is 3.01. The summed E-state index contributed by atoms with van der Waals surface area (Å²) in [5, 5.41) is 6.72. The number of aromatic nitrogens is 2.